The van der Waals surface area contributed by atoms with Crippen LogP contribution in [0.3, 0.4) is 0 Å². The topological polar surface area (TPSA) is 21.9 Å². The zero-order valence-corrected chi connectivity index (χ0v) is 36.3. The van der Waals surface area contributed by atoms with Gasteiger partial charge in [-0.1, -0.05) is 149 Å². The van der Waals surface area contributed by atoms with Gasteiger partial charge in [-0.15, -0.1) is 0 Å². The lowest BCUT2D eigenvalue weighted by molar-refractivity contribution is 0.660. The van der Waals surface area contributed by atoms with Gasteiger partial charge in [0.2, 0.25) is 0 Å². The van der Waals surface area contributed by atoms with E-state index >= 15 is 0 Å². The van der Waals surface area contributed by atoms with E-state index in [1.54, 1.807) is 0 Å². The molecule has 10 aromatic rings. The van der Waals surface area contributed by atoms with Crippen LogP contribution in [0.1, 0.15) is 73.7 Å². The summed E-state index contributed by atoms with van der Waals surface area (Å²) in [6, 6.07) is 63.4. The summed E-state index contributed by atoms with van der Waals surface area (Å²) in [7, 11) is 0. The van der Waals surface area contributed by atoms with E-state index in [0.29, 0.717) is 0 Å². The summed E-state index contributed by atoms with van der Waals surface area (Å²) in [5.74, 6) is 0. The van der Waals surface area contributed by atoms with Crippen molar-refractivity contribution in [2.45, 2.75) is 52.1 Å². The highest BCUT2D eigenvalue weighted by atomic mass is 15.2. The molecule has 3 aliphatic rings. The van der Waals surface area contributed by atoms with Crippen molar-refractivity contribution in [2.24, 2.45) is 0 Å². The van der Waals surface area contributed by atoms with Crippen LogP contribution in [-0.2, 0) is 11.8 Å². The highest BCUT2D eigenvalue weighted by Crippen LogP contribution is 2.50. The first-order valence-corrected chi connectivity index (χ1v) is 22.7. The zero-order valence-electron chi connectivity index (χ0n) is 36.3. The normalized spacial score (nSPS) is 15.6. The Kier molecular flexibility index (Phi) is 8.52. The lowest BCUT2D eigenvalue weighted by atomic mass is 9.81. The van der Waals surface area contributed by atoms with Gasteiger partial charge in [0, 0.05) is 43.9 Å². The van der Waals surface area contributed by atoms with Gasteiger partial charge in [-0.05, 0) is 135 Å². The van der Waals surface area contributed by atoms with E-state index in [9.17, 15) is 0 Å². The number of anilines is 1. The Labute approximate surface area is 369 Å². The maximum Gasteiger partial charge on any atom is 0.124 e. The van der Waals surface area contributed by atoms with Crippen molar-refractivity contribution in [3.05, 3.63) is 215 Å². The Hall–Kier alpha value is -7.36. The SMILES string of the molecule is CC.CC1(C)c2ccccc2-c2ccc(C3=CC(n4c5ccccc5c5cc(-c6ccc7c(c6)c6c8c(ccc6n7-c6ccccc6)C=CCC8)ccc54)Nc4ccccc43)cc21. The van der Waals surface area contributed by atoms with E-state index < -0.39 is 0 Å². The average Bonchev–Trinajstić information content (AvgIpc) is 3.94. The minimum Gasteiger partial charge on any atom is -0.361 e. The highest BCUT2D eigenvalue weighted by Gasteiger charge is 2.36. The van der Waals surface area contributed by atoms with Gasteiger partial charge in [-0.25, -0.2) is 0 Å². The molecule has 0 spiro atoms. The van der Waals surface area contributed by atoms with Gasteiger partial charge in [0.25, 0.3) is 0 Å². The molecule has 0 fully saturated rings. The number of aromatic nitrogens is 2. The Balaban J connectivity index is 0.00000208. The fraction of sp³-hybridized carbons (Fsp3) is 0.133. The van der Waals surface area contributed by atoms with Crippen molar-refractivity contribution in [1.82, 2.24) is 9.13 Å². The van der Waals surface area contributed by atoms with E-state index in [1.165, 1.54) is 111 Å². The number of fused-ring (bicyclic) bond motifs is 12. The van der Waals surface area contributed by atoms with Gasteiger partial charge in [0.1, 0.15) is 6.17 Å². The van der Waals surface area contributed by atoms with E-state index in [-0.39, 0.29) is 11.6 Å². The van der Waals surface area contributed by atoms with Crippen molar-refractivity contribution in [3.63, 3.8) is 0 Å². The Morgan fingerprint density at radius 1 is 0.540 bits per heavy atom. The molecule has 0 saturated carbocycles. The molecule has 0 radical (unpaired) electrons. The van der Waals surface area contributed by atoms with Crippen LogP contribution in [0.25, 0.3) is 83.2 Å². The first-order chi connectivity index (χ1) is 31.0. The third-order valence-electron chi connectivity index (χ3n) is 14.0. The minimum absolute atomic E-state index is 0.0703. The monoisotopic (exact) mass is 811 g/mol. The summed E-state index contributed by atoms with van der Waals surface area (Å²) < 4.78 is 4.96. The van der Waals surface area contributed by atoms with Crippen molar-refractivity contribution < 1.29 is 0 Å². The van der Waals surface area contributed by atoms with Crippen molar-refractivity contribution in [2.75, 3.05) is 5.32 Å². The molecule has 1 atom stereocenters. The number of nitrogens with zero attached hydrogens (tertiary/aromatic N) is 2. The summed E-state index contributed by atoms with van der Waals surface area (Å²) in [5.41, 5.74) is 21.7. The second-order valence-corrected chi connectivity index (χ2v) is 17.6. The number of allylic oxidation sites excluding steroid dienone is 1. The molecule has 13 rings (SSSR count). The van der Waals surface area contributed by atoms with Crippen molar-refractivity contribution in [1.29, 1.82) is 0 Å². The van der Waals surface area contributed by atoms with Gasteiger partial charge in [-0.3, -0.25) is 0 Å². The largest absolute Gasteiger partial charge is 0.361 e. The van der Waals surface area contributed by atoms with Gasteiger partial charge >= 0.3 is 0 Å². The van der Waals surface area contributed by atoms with Gasteiger partial charge in [0.15, 0.2) is 0 Å². The van der Waals surface area contributed by atoms with E-state index in [0.717, 1.165) is 18.5 Å². The summed E-state index contributed by atoms with van der Waals surface area (Å²) in [6.07, 6.45) is 9.10. The number of para-hydroxylation sites is 3. The van der Waals surface area contributed by atoms with Crippen LogP contribution in [0.15, 0.2) is 182 Å². The number of benzene rings is 8. The Bertz CT molecular complexity index is 3540. The van der Waals surface area contributed by atoms with Crippen LogP contribution in [0.5, 0.6) is 0 Å². The Morgan fingerprint density at radius 2 is 1.21 bits per heavy atom. The zero-order chi connectivity index (χ0) is 42.4. The number of hydrogen-bond donors (Lipinski definition) is 1. The lowest BCUT2D eigenvalue weighted by Gasteiger charge is -2.29. The summed E-state index contributed by atoms with van der Waals surface area (Å²) in [5, 5.41) is 9.18. The smallest absolute Gasteiger partial charge is 0.124 e. The second kappa shape index (κ2) is 14.4. The minimum atomic E-state index is -0.0997. The predicted molar refractivity (Wildman–Crippen MR) is 268 cm³/mol. The van der Waals surface area contributed by atoms with Crippen LogP contribution in [-0.4, -0.2) is 9.13 Å². The fourth-order valence-corrected chi connectivity index (χ4v) is 11.1. The predicted octanol–water partition coefficient (Wildman–Crippen LogP) is 15.9. The average molecular weight is 812 g/mol. The maximum atomic E-state index is 3.97. The van der Waals surface area contributed by atoms with Gasteiger partial charge in [0.05, 0.1) is 22.1 Å². The van der Waals surface area contributed by atoms with Crippen LogP contribution in [0, 0.1) is 0 Å². The fourth-order valence-electron chi connectivity index (χ4n) is 11.1. The third-order valence-corrected chi connectivity index (χ3v) is 14.0. The third kappa shape index (κ3) is 5.59. The molecule has 1 N–H and O–H groups in total. The molecule has 0 bridgehead atoms. The Morgan fingerprint density at radius 3 is 2.06 bits per heavy atom. The van der Waals surface area contributed by atoms with Crippen molar-refractivity contribution >= 4 is 60.9 Å². The quantitative estimate of drug-likeness (QED) is 0.188. The molecule has 2 aromatic heterocycles. The molecule has 8 aromatic carbocycles. The molecular weight excluding hydrogens is 763 g/mol. The summed E-state index contributed by atoms with van der Waals surface area (Å²) in [4.78, 5) is 0. The second-order valence-electron chi connectivity index (χ2n) is 17.6. The molecule has 1 unspecified atom stereocenters. The molecule has 3 heterocycles. The summed E-state index contributed by atoms with van der Waals surface area (Å²) >= 11 is 0. The number of aryl methyl sites for hydroxylation is 1. The van der Waals surface area contributed by atoms with Crippen LogP contribution in [0.4, 0.5) is 5.69 Å². The number of rotatable bonds is 4. The van der Waals surface area contributed by atoms with E-state index in [2.05, 4.69) is 216 Å². The number of hydrogen-bond acceptors (Lipinski definition) is 1. The van der Waals surface area contributed by atoms with Crippen molar-refractivity contribution in [3.8, 4) is 27.9 Å². The molecule has 3 heteroatoms. The molecule has 0 amide bonds. The maximum absolute atomic E-state index is 3.97. The molecule has 0 saturated heterocycles. The molecule has 304 valence electrons. The molecule has 63 heavy (non-hydrogen) atoms. The van der Waals surface area contributed by atoms with Gasteiger partial charge in [-0.2, -0.15) is 0 Å². The van der Waals surface area contributed by atoms with Crippen LogP contribution in [0.2, 0.25) is 0 Å². The van der Waals surface area contributed by atoms with Crippen LogP contribution < -0.4 is 5.32 Å². The standard InChI is InChI=1S/C58H43N3.C2H6/c1-58(2)49-21-11-8-18-42(49)43-28-24-39(34-50(43)58)46-35-56(59-51-22-12-9-19-44(46)51)61-52-23-13-10-20-45(52)47-32-37(26-29-53(47)61)38-27-30-54-48(33-38)57-41-17-7-6-14-36(41)25-31-55(57)60(54)40-15-4-3-5-16-40;1-2/h3-6,8-16,18-35,56,59H,7,17H2,1-2H3;1-2H3. The first kappa shape index (κ1) is 37.4. The molecule has 2 aliphatic carbocycles. The summed E-state index contributed by atoms with van der Waals surface area (Å²) in [6.45, 7) is 8.74. The molecule has 3 nitrogen and oxygen atoms in total. The molecule has 1 aliphatic heterocycles. The van der Waals surface area contributed by atoms with Gasteiger partial charge < -0.3 is 14.5 Å². The lowest BCUT2D eigenvalue weighted by Crippen LogP contribution is -2.21. The molecular formula is C60H49N3. The van der Waals surface area contributed by atoms with E-state index in [4.69, 9.17) is 0 Å². The van der Waals surface area contributed by atoms with Crippen LogP contribution >= 0.6 is 0 Å². The highest BCUT2D eigenvalue weighted by molar-refractivity contribution is 6.14. The first-order valence-electron chi connectivity index (χ1n) is 22.7. The van der Waals surface area contributed by atoms with E-state index in [1.807, 2.05) is 13.8 Å². The number of nitrogens with one attached hydrogen (secondary N) is 1.